The SMILES string of the molecule is CCOC(=O)Cc1nc2ccccc2n(C2CC3CC[C@H](C2)N3C2CC3CCCCC(C3)C2)c1=O. The summed E-state index contributed by atoms with van der Waals surface area (Å²) in [6.07, 6.45) is 14.4. The van der Waals surface area contributed by atoms with Gasteiger partial charge in [-0.2, -0.15) is 0 Å². The average molecular weight is 478 g/mol. The summed E-state index contributed by atoms with van der Waals surface area (Å²) in [5, 5.41) is 0. The van der Waals surface area contributed by atoms with E-state index in [4.69, 9.17) is 4.74 Å². The fraction of sp³-hybridized carbons (Fsp3) is 0.690. The Hall–Kier alpha value is -2.21. The van der Waals surface area contributed by atoms with Gasteiger partial charge in [0.15, 0.2) is 0 Å². The Labute approximate surface area is 208 Å². The van der Waals surface area contributed by atoms with Crippen molar-refractivity contribution in [2.24, 2.45) is 11.8 Å². The van der Waals surface area contributed by atoms with Gasteiger partial charge in [0.2, 0.25) is 0 Å². The van der Waals surface area contributed by atoms with Crippen LogP contribution in [0.15, 0.2) is 29.1 Å². The molecule has 188 valence electrons. The maximum atomic E-state index is 13.7. The molecular formula is C29H39N3O3. The largest absolute Gasteiger partial charge is 0.466 e. The van der Waals surface area contributed by atoms with Gasteiger partial charge in [-0.15, -0.1) is 0 Å². The summed E-state index contributed by atoms with van der Waals surface area (Å²) in [6.45, 7) is 2.10. The normalized spacial score (nSPS) is 32.9. The second-order valence-corrected chi connectivity index (χ2v) is 11.5. The predicted molar refractivity (Wildman–Crippen MR) is 136 cm³/mol. The van der Waals surface area contributed by atoms with E-state index >= 15 is 0 Å². The smallest absolute Gasteiger partial charge is 0.312 e. The van der Waals surface area contributed by atoms with E-state index in [2.05, 4.69) is 9.88 Å². The first-order chi connectivity index (χ1) is 17.1. The molecule has 2 saturated carbocycles. The Morgan fingerprint density at radius 3 is 2.29 bits per heavy atom. The molecule has 6 heteroatoms. The van der Waals surface area contributed by atoms with Gasteiger partial charge in [-0.25, -0.2) is 4.98 Å². The Morgan fingerprint density at radius 1 is 0.914 bits per heavy atom. The van der Waals surface area contributed by atoms with Crippen molar-refractivity contribution in [3.05, 3.63) is 40.3 Å². The second kappa shape index (κ2) is 9.68. The minimum Gasteiger partial charge on any atom is -0.466 e. The number of nitrogens with zero attached hydrogens (tertiary/aromatic N) is 3. The molecule has 3 heterocycles. The van der Waals surface area contributed by atoms with Gasteiger partial charge in [-0.05, 0) is 75.8 Å². The molecule has 4 bridgehead atoms. The average Bonchev–Trinajstić information content (AvgIpc) is 3.00. The van der Waals surface area contributed by atoms with Crippen LogP contribution < -0.4 is 5.56 Å². The number of para-hydroxylation sites is 2. The number of carbonyl (C=O) groups excluding carboxylic acids is 1. The van der Waals surface area contributed by atoms with Crippen LogP contribution in [0.2, 0.25) is 0 Å². The number of hydrogen-bond acceptors (Lipinski definition) is 5. The number of piperidine rings is 1. The van der Waals surface area contributed by atoms with Crippen molar-refractivity contribution >= 4 is 17.0 Å². The first kappa shape index (κ1) is 23.2. The summed E-state index contributed by atoms with van der Waals surface area (Å²) in [5.41, 5.74) is 1.88. The van der Waals surface area contributed by atoms with Gasteiger partial charge in [0, 0.05) is 24.2 Å². The first-order valence-corrected chi connectivity index (χ1v) is 14.0. The molecule has 4 unspecified atom stereocenters. The van der Waals surface area contributed by atoms with Crippen LogP contribution in [0.4, 0.5) is 0 Å². The number of aromatic nitrogens is 2. The second-order valence-electron chi connectivity index (χ2n) is 11.5. The van der Waals surface area contributed by atoms with Crippen LogP contribution in [0.5, 0.6) is 0 Å². The molecule has 6 rings (SSSR count). The summed E-state index contributed by atoms with van der Waals surface area (Å²) in [7, 11) is 0. The molecule has 2 aromatic rings. The summed E-state index contributed by atoms with van der Waals surface area (Å²) >= 11 is 0. The minimum absolute atomic E-state index is 0.0614. The van der Waals surface area contributed by atoms with E-state index in [1.165, 1.54) is 57.8 Å². The third-order valence-corrected chi connectivity index (χ3v) is 9.38. The van der Waals surface area contributed by atoms with Gasteiger partial charge in [0.25, 0.3) is 5.56 Å². The molecule has 1 aromatic carbocycles. The van der Waals surface area contributed by atoms with Crippen molar-refractivity contribution in [1.82, 2.24) is 14.5 Å². The molecule has 2 saturated heterocycles. The maximum absolute atomic E-state index is 13.7. The number of carbonyl (C=O) groups is 1. The third-order valence-electron chi connectivity index (χ3n) is 9.38. The van der Waals surface area contributed by atoms with E-state index in [1.807, 2.05) is 28.8 Å². The van der Waals surface area contributed by atoms with E-state index in [1.54, 1.807) is 6.92 Å². The molecule has 5 atom stereocenters. The molecule has 2 aliphatic heterocycles. The summed E-state index contributed by atoms with van der Waals surface area (Å²) in [6, 6.07) is 9.93. The van der Waals surface area contributed by atoms with Crippen LogP contribution in [0.1, 0.15) is 89.3 Å². The topological polar surface area (TPSA) is 64.4 Å². The Kier molecular flexibility index (Phi) is 6.42. The number of fused-ring (bicyclic) bond motifs is 5. The van der Waals surface area contributed by atoms with E-state index < -0.39 is 0 Å². The molecule has 1 aromatic heterocycles. The molecule has 0 amide bonds. The third kappa shape index (κ3) is 4.43. The Bertz CT molecular complexity index is 1120. The lowest BCUT2D eigenvalue weighted by atomic mass is 9.76. The monoisotopic (exact) mass is 477 g/mol. The van der Waals surface area contributed by atoms with Gasteiger partial charge >= 0.3 is 5.97 Å². The highest BCUT2D eigenvalue weighted by Gasteiger charge is 2.46. The molecule has 6 nitrogen and oxygen atoms in total. The number of ether oxygens (including phenoxy) is 1. The lowest BCUT2D eigenvalue weighted by molar-refractivity contribution is -0.142. The molecule has 0 radical (unpaired) electrons. The lowest BCUT2D eigenvalue weighted by Crippen LogP contribution is -2.52. The number of benzene rings is 1. The summed E-state index contributed by atoms with van der Waals surface area (Å²) in [4.78, 5) is 33.4. The van der Waals surface area contributed by atoms with Crippen molar-refractivity contribution in [3.63, 3.8) is 0 Å². The van der Waals surface area contributed by atoms with Gasteiger partial charge in [0.05, 0.1) is 24.1 Å². The summed E-state index contributed by atoms with van der Waals surface area (Å²) in [5.74, 6) is 1.47. The van der Waals surface area contributed by atoms with E-state index in [0.29, 0.717) is 24.4 Å². The van der Waals surface area contributed by atoms with Crippen molar-refractivity contribution in [3.8, 4) is 0 Å². The van der Waals surface area contributed by atoms with Gasteiger partial charge in [-0.1, -0.05) is 37.8 Å². The first-order valence-electron chi connectivity index (χ1n) is 14.0. The molecule has 35 heavy (non-hydrogen) atoms. The van der Waals surface area contributed by atoms with Crippen LogP contribution in [0.3, 0.4) is 0 Å². The molecule has 4 aliphatic rings. The molecule has 0 N–H and O–H groups in total. The van der Waals surface area contributed by atoms with Crippen LogP contribution in [0.25, 0.3) is 11.0 Å². The molecule has 2 aliphatic carbocycles. The standard InChI is InChI=1S/C29H39N3O3/c1-2-35-28(33)18-26-29(34)32(27-10-6-5-9-25(27)30-26)24-16-21-11-12-22(17-24)31(21)23-14-19-7-3-4-8-20(13-19)15-23/h5-6,9-10,19-24H,2-4,7-8,11-18H2,1H3/t19?,20?,21-,22?,23?,24?/m1/s1. The predicted octanol–water partition coefficient (Wildman–Crippen LogP) is 5.03. The molecule has 4 fully saturated rings. The van der Waals surface area contributed by atoms with E-state index in [0.717, 1.165) is 41.8 Å². The quantitative estimate of drug-likeness (QED) is 0.565. The fourth-order valence-electron chi connectivity index (χ4n) is 8.13. The number of hydrogen-bond donors (Lipinski definition) is 0. The van der Waals surface area contributed by atoms with Gasteiger partial charge in [0.1, 0.15) is 5.69 Å². The van der Waals surface area contributed by atoms with Crippen LogP contribution in [-0.2, 0) is 16.0 Å². The zero-order chi connectivity index (χ0) is 23.9. The highest BCUT2D eigenvalue weighted by Crippen LogP contribution is 2.47. The van der Waals surface area contributed by atoms with Crippen molar-refractivity contribution in [2.45, 2.75) is 108 Å². The van der Waals surface area contributed by atoms with Crippen molar-refractivity contribution in [2.75, 3.05) is 6.61 Å². The number of rotatable bonds is 5. The van der Waals surface area contributed by atoms with Crippen LogP contribution in [0, 0.1) is 11.8 Å². The van der Waals surface area contributed by atoms with Gasteiger partial charge in [-0.3, -0.25) is 14.5 Å². The molecule has 0 spiro atoms. The zero-order valence-corrected chi connectivity index (χ0v) is 21.0. The Morgan fingerprint density at radius 2 is 1.60 bits per heavy atom. The van der Waals surface area contributed by atoms with Crippen LogP contribution >= 0.6 is 0 Å². The summed E-state index contributed by atoms with van der Waals surface area (Å²) < 4.78 is 7.12. The fourth-order valence-corrected chi connectivity index (χ4v) is 8.13. The minimum atomic E-state index is -0.382. The van der Waals surface area contributed by atoms with E-state index in [-0.39, 0.29) is 24.0 Å². The zero-order valence-electron chi connectivity index (χ0n) is 21.0. The van der Waals surface area contributed by atoms with Crippen LogP contribution in [-0.4, -0.2) is 45.2 Å². The number of esters is 1. The highest BCUT2D eigenvalue weighted by atomic mass is 16.5. The van der Waals surface area contributed by atoms with Gasteiger partial charge < -0.3 is 9.30 Å². The highest BCUT2D eigenvalue weighted by molar-refractivity contribution is 5.77. The lowest BCUT2D eigenvalue weighted by Gasteiger charge is -2.48. The molecular weight excluding hydrogens is 438 g/mol. The van der Waals surface area contributed by atoms with Crippen molar-refractivity contribution < 1.29 is 9.53 Å². The van der Waals surface area contributed by atoms with Crippen molar-refractivity contribution in [1.29, 1.82) is 0 Å². The van der Waals surface area contributed by atoms with E-state index in [9.17, 15) is 9.59 Å². The Balaban J connectivity index is 1.29. The maximum Gasteiger partial charge on any atom is 0.312 e.